The zero-order valence-electron chi connectivity index (χ0n) is 10.7. The Morgan fingerprint density at radius 1 is 1.35 bits per heavy atom. The SMILES string of the molecule is COC(=O)CSc1nc(-c2ccccn2)ccc1C#N. The van der Waals surface area contributed by atoms with Crippen LogP contribution in [0.5, 0.6) is 0 Å². The molecule has 0 N–H and O–H groups in total. The average Bonchev–Trinajstić information content (AvgIpc) is 2.53. The lowest BCUT2D eigenvalue weighted by molar-refractivity contribution is -0.137. The summed E-state index contributed by atoms with van der Waals surface area (Å²) in [4.78, 5) is 19.8. The molecule has 6 heteroatoms. The zero-order chi connectivity index (χ0) is 14.4. The van der Waals surface area contributed by atoms with Gasteiger partial charge in [0.25, 0.3) is 0 Å². The summed E-state index contributed by atoms with van der Waals surface area (Å²) in [5.41, 5.74) is 1.81. The highest BCUT2D eigenvalue weighted by Gasteiger charge is 2.10. The number of thioether (sulfide) groups is 1. The van der Waals surface area contributed by atoms with Gasteiger partial charge in [0, 0.05) is 6.20 Å². The minimum Gasteiger partial charge on any atom is -0.468 e. The molecule has 0 saturated carbocycles. The van der Waals surface area contributed by atoms with E-state index in [2.05, 4.69) is 20.8 Å². The molecule has 100 valence electrons. The van der Waals surface area contributed by atoms with Gasteiger partial charge in [-0.05, 0) is 24.3 Å². The van der Waals surface area contributed by atoms with Crippen LogP contribution in [0.1, 0.15) is 5.56 Å². The maximum absolute atomic E-state index is 11.2. The smallest absolute Gasteiger partial charge is 0.316 e. The van der Waals surface area contributed by atoms with Crippen molar-refractivity contribution in [2.45, 2.75) is 5.03 Å². The van der Waals surface area contributed by atoms with E-state index in [1.807, 2.05) is 18.2 Å². The first-order chi connectivity index (χ1) is 9.74. The van der Waals surface area contributed by atoms with Gasteiger partial charge in [0.15, 0.2) is 0 Å². The molecule has 2 heterocycles. The highest BCUT2D eigenvalue weighted by molar-refractivity contribution is 7.99. The molecule has 0 aliphatic rings. The molecule has 0 aliphatic carbocycles. The summed E-state index contributed by atoms with van der Waals surface area (Å²) in [6.07, 6.45) is 1.68. The van der Waals surface area contributed by atoms with Crippen LogP contribution in [-0.2, 0) is 9.53 Å². The molecule has 0 unspecified atom stereocenters. The van der Waals surface area contributed by atoms with E-state index in [0.717, 1.165) is 5.69 Å². The number of hydrogen-bond acceptors (Lipinski definition) is 6. The first-order valence-electron chi connectivity index (χ1n) is 5.76. The van der Waals surface area contributed by atoms with E-state index >= 15 is 0 Å². The molecule has 0 aliphatic heterocycles. The van der Waals surface area contributed by atoms with Gasteiger partial charge in [-0.1, -0.05) is 17.8 Å². The van der Waals surface area contributed by atoms with Gasteiger partial charge in [0.2, 0.25) is 0 Å². The Kier molecular flexibility index (Phi) is 4.69. The summed E-state index contributed by atoms with van der Waals surface area (Å²) in [6, 6.07) is 11.0. The molecular formula is C14H11N3O2S. The number of pyridine rings is 2. The van der Waals surface area contributed by atoms with E-state index < -0.39 is 0 Å². The monoisotopic (exact) mass is 285 g/mol. The Hall–Kier alpha value is -2.39. The molecule has 5 nitrogen and oxygen atoms in total. The molecule has 2 rings (SSSR count). The van der Waals surface area contributed by atoms with Gasteiger partial charge in [-0.25, -0.2) is 4.98 Å². The Balaban J connectivity index is 2.30. The van der Waals surface area contributed by atoms with Crippen molar-refractivity contribution < 1.29 is 9.53 Å². The van der Waals surface area contributed by atoms with Crippen LogP contribution < -0.4 is 0 Å². The largest absolute Gasteiger partial charge is 0.468 e. The standard InChI is InChI=1S/C14H11N3O2S/c1-19-13(18)9-20-14-10(8-15)5-6-12(17-14)11-4-2-3-7-16-11/h2-7H,9H2,1H3. The lowest BCUT2D eigenvalue weighted by Crippen LogP contribution is -2.04. The molecule has 0 spiro atoms. The molecule has 0 atom stereocenters. The molecule has 0 saturated heterocycles. The summed E-state index contributed by atoms with van der Waals surface area (Å²) in [5.74, 6) is -0.243. The van der Waals surface area contributed by atoms with Crippen molar-refractivity contribution >= 4 is 17.7 Å². The third-order valence-electron chi connectivity index (χ3n) is 2.46. The summed E-state index contributed by atoms with van der Waals surface area (Å²) in [7, 11) is 1.33. The van der Waals surface area contributed by atoms with Crippen molar-refractivity contribution in [2.24, 2.45) is 0 Å². The first-order valence-corrected chi connectivity index (χ1v) is 6.75. The molecule has 20 heavy (non-hydrogen) atoms. The number of nitriles is 1. The maximum Gasteiger partial charge on any atom is 0.316 e. The van der Waals surface area contributed by atoms with E-state index in [1.165, 1.54) is 18.9 Å². The Bertz CT molecular complexity index is 653. The minimum atomic E-state index is -0.357. The van der Waals surface area contributed by atoms with Crippen LogP contribution in [0.25, 0.3) is 11.4 Å². The van der Waals surface area contributed by atoms with Crippen LogP contribution in [0, 0.1) is 11.3 Å². The van der Waals surface area contributed by atoms with Crippen LogP contribution in [0.4, 0.5) is 0 Å². The van der Waals surface area contributed by atoms with Crippen molar-refractivity contribution in [3.05, 3.63) is 42.1 Å². The van der Waals surface area contributed by atoms with E-state index in [9.17, 15) is 4.79 Å². The van der Waals surface area contributed by atoms with Gasteiger partial charge in [0.05, 0.1) is 29.8 Å². The lowest BCUT2D eigenvalue weighted by atomic mass is 10.2. The summed E-state index contributed by atoms with van der Waals surface area (Å²) in [6.45, 7) is 0. The number of methoxy groups -OCH3 is 1. The molecule has 2 aromatic rings. The van der Waals surface area contributed by atoms with Gasteiger partial charge >= 0.3 is 5.97 Å². The first kappa shape index (κ1) is 14.0. The van der Waals surface area contributed by atoms with Gasteiger partial charge in [-0.2, -0.15) is 5.26 Å². The molecule has 0 aromatic carbocycles. The Morgan fingerprint density at radius 3 is 2.85 bits per heavy atom. The van der Waals surface area contributed by atoms with Crippen molar-refractivity contribution in [2.75, 3.05) is 12.9 Å². The van der Waals surface area contributed by atoms with Crippen LogP contribution in [0.3, 0.4) is 0 Å². The van der Waals surface area contributed by atoms with Crippen molar-refractivity contribution in [1.29, 1.82) is 5.26 Å². The molecule has 0 bridgehead atoms. The minimum absolute atomic E-state index is 0.115. The van der Waals surface area contributed by atoms with Crippen LogP contribution >= 0.6 is 11.8 Å². The summed E-state index contributed by atoms with van der Waals surface area (Å²) >= 11 is 1.18. The number of hydrogen-bond donors (Lipinski definition) is 0. The zero-order valence-corrected chi connectivity index (χ0v) is 11.6. The molecule has 0 radical (unpaired) electrons. The van der Waals surface area contributed by atoms with Crippen molar-refractivity contribution in [1.82, 2.24) is 9.97 Å². The number of rotatable bonds is 4. The van der Waals surface area contributed by atoms with Crippen LogP contribution in [0.15, 0.2) is 41.6 Å². The van der Waals surface area contributed by atoms with Crippen molar-refractivity contribution in [3.63, 3.8) is 0 Å². The van der Waals surface area contributed by atoms with Crippen LogP contribution in [-0.4, -0.2) is 28.8 Å². The normalized spacial score (nSPS) is 9.80. The summed E-state index contributed by atoms with van der Waals surface area (Å²) < 4.78 is 4.58. The quantitative estimate of drug-likeness (QED) is 0.633. The van der Waals surface area contributed by atoms with E-state index in [-0.39, 0.29) is 11.7 Å². The maximum atomic E-state index is 11.2. The van der Waals surface area contributed by atoms with Gasteiger partial charge in [-0.15, -0.1) is 0 Å². The van der Waals surface area contributed by atoms with Crippen LogP contribution in [0.2, 0.25) is 0 Å². The molecular weight excluding hydrogens is 274 g/mol. The fourth-order valence-electron chi connectivity index (χ4n) is 1.48. The second-order valence-electron chi connectivity index (χ2n) is 3.74. The number of nitrogens with zero attached hydrogens (tertiary/aromatic N) is 3. The number of ether oxygens (including phenoxy) is 1. The lowest BCUT2D eigenvalue weighted by Gasteiger charge is -2.05. The van der Waals surface area contributed by atoms with E-state index in [4.69, 9.17) is 5.26 Å². The van der Waals surface area contributed by atoms with Gasteiger partial charge in [-0.3, -0.25) is 9.78 Å². The highest BCUT2D eigenvalue weighted by Crippen LogP contribution is 2.24. The number of carbonyl (C=O) groups excluding carboxylic acids is 1. The molecule has 0 amide bonds. The average molecular weight is 285 g/mol. The number of aromatic nitrogens is 2. The second kappa shape index (κ2) is 6.68. The number of esters is 1. The molecule has 2 aromatic heterocycles. The Morgan fingerprint density at radius 2 is 2.20 bits per heavy atom. The van der Waals surface area contributed by atoms with Gasteiger partial charge < -0.3 is 4.74 Å². The third-order valence-corrected chi connectivity index (χ3v) is 3.43. The topological polar surface area (TPSA) is 75.9 Å². The Labute approximate surface area is 120 Å². The number of carbonyl (C=O) groups is 1. The predicted octanol–water partition coefficient (Wildman–Crippen LogP) is 2.28. The fourth-order valence-corrected chi connectivity index (χ4v) is 2.28. The van der Waals surface area contributed by atoms with E-state index in [0.29, 0.717) is 16.3 Å². The fraction of sp³-hybridized carbons (Fsp3) is 0.143. The van der Waals surface area contributed by atoms with Crippen molar-refractivity contribution in [3.8, 4) is 17.5 Å². The summed E-state index contributed by atoms with van der Waals surface area (Å²) in [5, 5.41) is 9.57. The predicted molar refractivity (Wildman–Crippen MR) is 74.9 cm³/mol. The highest BCUT2D eigenvalue weighted by atomic mass is 32.2. The third kappa shape index (κ3) is 3.33. The second-order valence-corrected chi connectivity index (χ2v) is 4.70. The molecule has 0 fully saturated rings. The van der Waals surface area contributed by atoms with Gasteiger partial charge in [0.1, 0.15) is 11.1 Å². The van der Waals surface area contributed by atoms with E-state index in [1.54, 1.807) is 18.3 Å².